The third-order valence-corrected chi connectivity index (χ3v) is 2.58. The molecule has 0 bridgehead atoms. The Morgan fingerprint density at radius 3 is 2.43 bits per heavy atom. The Morgan fingerprint density at radius 1 is 1.19 bits per heavy atom. The van der Waals surface area contributed by atoms with Crippen molar-refractivity contribution in [3.8, 4) is 0 Å². The average Bonchev–Trinajstić information content (AvgIpc) is 2.91. The van der Waals surface area contributed by atoms with Gasteiger partial charge in [-0.05, 0) is 11.6 Å². The average molecular weight is 293 g/mol. The van der Waals surface area contributed by atoms with Crippen LogP contribution in [0.2, 0.25) is 0 Å². The molecule has 1 unspecified atom stereocenters. The van der Waals surface area contributed by atoms with Crippen molar-refractivity contribution in [1.82, 2.24) is 5.06 Å². The van der Waals surface area contributed by atoms with Gasteiger partial charge in [0.1, 0.15) is 6.61 Å². The predicted octanol–water partition coefficient (Wildman–Crippen LogP) is 0.992. The van der Waals surface area contributed by atoms with Gasteiger partial charge in [-0.3, -0.25) is 0 Å². The summed E-state index contributed by atoms with van der Waals surface area (Å²) in [6, 6.07) is 8.72. The molecule has 1 aromatic rings. The zero-order valence-electron chi connectivity index (χ0n) is 10.6. The van der Waals surface area contributed by atoms with Crippen molar-refractivity contribution >= 4 is 18.0 Å². The first-order valence-corrected chi connectivity index (χ1v) is 5.84. The van der Waals surface area contributed by atoms with E-state index in [2.05, 4.69) is 0 Å². The van der Waals surface area contributed by atoms with Gasteiger partial charge in [-0.25, -0.2) is 19.2 Å². The van der Waals surface area contributed by atoms with Gasteiger partial charge >= 0.3 is 18.0 Å². The molecular weight excluding hydrogens is 282 g/mol. The van der Waals surface area contributed by atoms with E-state index in [0.717, 1.165) is 6.08 Å². The molecule has 1 aliphatic rings. The van der Waals surface area contributed by atoms with Gasteiger partial charge in [-0.2, -0.15) is 0 Å². The molecule has 21 heavy (non-hydrogen) atoms. The molecule has 0 saturated carbocycles. The van der Waals surface area contributed by atoms with E-state index in [1.54, 1.807) is 30.3 Å². The van der Waals surface area contributed by atoms with E-state index in [1.807, 2.05) is 0 Å². The van der Waals surface area contributed by atoms with Gasteiger partial charge in [-0.1, -0.05) is 30.3 Å². The van der Waals surface area contributed by atoms with E-state index in [9.17, 15) is 14.4 Å². The van der Waals surface area contributed by atoms with Crippen LogP contribution in [0, 0.1) is 0 Å². The highest BCUT2D eigenvalue weighted by molar-refractivity contribution is 5.92. The van der Waals surface area contributed by atoms with Crippen molar-refractivity contribution in [3.63, 3.8) is 0 Å². The first kappa shape index (κ1) is 14.5. The lowest BCUT2D eigenvalue weighted by Gasteiger charge is -2.16. The van der Waals surface area contributed by atoms with E-state index in [4.69, 9.17) is 19.8 Å². The van der Waals surface area contributed by atoms with Crippen LogP contribution in [0.25, 0.3) is 0 Å². The molecule has 2 rings (SSSR count). The SMILES string of the molecule is O=C(O)C1=CC(C(=O)O)ON1C(=O)OCc1ccccc1. The number of nitrogens with zero attached hydrogens (tertiary/aromatic N) is 1. The number of hydrogen-bond acceptors (Lipinski definition) is 5. The summed E-state index contributed by atoms with van der Waals surface area (Å²) in [5.41, 5.74) is 0.0983. The molecule has 0 spiro atoms. The van der Waals surface area contributed by atoms with Crippen LogP contribution in [-0.2, 0) is 25.8 Å². The Bertz CT molecular complexity index is 596. The van der Waals surface area contributed by atoms with E-state index in [0.29, 0.717) is 10.6 Å². The van der Waals surface area contributed by atoms with Crippen LogP contribution in [0.4, 0.5) is 4.79 Å². The van der Waals surface area contributed by atoms with E-state index in [1.165, 1.54) is 0 Å². The molecule has 0 aromatic heterocycles. The van der Waals surface area contributed by atoms with Crippen LogP contribution in [-0.4, -0.2) is 39.4 Å². The topological polar surface area (TPSA) is 113 Å². The van der Waals surface area contributed by atoms with Crippen molar-refractivity contribution in [2.45, 2.75) is 12.7 Å². The molecule has 1 aliphatic heterocycles. The standard InChI is InChI=1S/C13H11NO7/c15-11(16)9-6-10(12(17)18)21-14(9)13(19)20-7-8-4-2-1-3-5-8/h1-6,10H,7H2,(H,15,16)(H,17,18). The van der Waals surface area contributed by atoms with E-state index in [-0.39, 0.29) is 6.61 Å². The zero-order chi connectivity index (χ0) is 15.4. The maximum absolute atomic E-state index is 11.8. The zero-order valence-corrected chi connectivity index (χ0v) is 10.6. The molecule has 1 aromatic carbocycles. The molecule has 2 N–H and O–H groups in total. The number of benzene rings is 1. The Hall–Kier alpha value is -2.87. The lowest BCUT2D eigenvalue weighted by atomic mass is 10.2. The molecule has 0 radical (unpaired) electrons. The predicted molar refractivity (Wildman–Crippen MR) is 66.7 cm³/mol. The van der Waals surface area contributed by atoms with E-state index < -0.39 is 29.8 Å². The molecule has 0 fully saturated rings. The second kappa shape index (κ2) is 6.06. The smallest absolute Gasteiger partial charge is 0.439 e. The number of carbonyl (C=O) groups excluding carboxylic acids is 1. The van der Waals surface area contributed by atoms with Gasteiger partial charge in [0, 0.05) is 0 Å². The van der Waals surface area contributed by atoms with Crippen molar-refractivity contribution in [2.75, 3.05) is 0 Å². The summed E-state index contributed by atoms with van der Waals surface area (Å²) in [6.45, 7) is -0.0931. The highest BCUT2D eigenvalue weighted by Crippen LogP contribution is 2.20. The van der Waals surface area contributed by atoms with Gasteiger partial charge in [0.25, 0.3) is 0 Å². The first-order valence-electron chi connectivity index (χ1n) is 5.84. The molecule has 8 nitrogen and oxygen atoms in total. The monoisotopic (exact) mass is 293 g/mol. The Labute approximate surface area is 118 Å². The summed E-state index contributed by atoms with van der Waals surface area (Å²) >= 11 is 0. The molecule has 8 heteroatoms. The van der Waals surface area contributed by atoms with Crippen molar-refractivity contribution in [1.29, 1.82) is 0 Å². The molecule has 0 saturated heterocycles. The highest BCUT2D eigenvalue weighted by Gasteiger charge is 2.38. The fraction of sp³-hybridized carbons (Fsp3) is 0.154. The minimum absolute atomic E-state index is 0.0931. The van der Waals surface area contributed by atoms with Crippen molar-refractivity contribution in [3.05, 3.63) is 47.7 Å². The van der Waals surface area contributed by atoms with E-state index >= 15 is 0 Å². The number of carboxylic acids is 2. The Morgan fingerprint density at radius 2 is 1.86 bits per heavy atom. The third kappa shape index (κ3) is 3.37. The van der Waals surface area contributed by atoms with Crippen molar-refractivity contribution < 1.29 is 34.2 Å². The highest BCUT2D eigenvalue weighted by atomic mass is 16.7. The number of aliphatic carboxylic acids is 2. The number of rotatable bonds is 4. The van der Waals surface area contributed by atoms with Crippen LogP contribution in [0.15, 0.2) is 42.1 Å². The molecule has 1 amide bonds. The molecule has 1 heterocycles. The summed E-state index contributed by atoms with van der Waals surface area (Å²) in [6.07, 6.45) is -1.83. The second-order valence-electron chi connectivity index (χ2n) is 4.06. The summed E-state index contributed by atoms with van der Waals surface area (Å²) in [4.78, 5) is 38.3. The van der Waals surface area contributed by atoms with Crippen LogP contribution < -0.4 is 0 Å². The van der Waals surface area contributed by atoms with Crippen molar-refractivity contribution in [2.24, 2.45) is 0 Å². The number of amides is 1. The van der Waals surface area contributed by atoms with Gasteiger partial charge in [-0.15, -0.1) is 5.06 Å². The third-order valence-electron chi connectivity index (χ3n) is 2.58. The minimum Gasteiger partial charge on any atom is -0.479 e. The molecule has 1 atom stereocenters. The Balaban J connectivity index is 2.03. The lowest BCUT2D eigenvalue weighted by molar-refractivity contribution is -0.170. The summed E-state index contributed by atoms with van der Waals surface area (Å²) in [7, 11) is 0. The maximum atomic E-state index is 11.8. The Kier molecular flexibility index (Phi) is 4.19. The molecule has 110 valence electrons. The normalized spacial score (nSPS) is 17.2. The van der Waals surface area contributed by atoms with Crippen LogP contribution >= 0.6 is 0 Å². The van der Waals surface area contributed by atoms with Crippen LogP contribution in [0.5, 0.6) is 0 Å². The van der Waals surface area contributed by atoms with Gasteiger partial charge in [0.2, 0.25) is 6.10 Å². The van der Waals surface area contributed by atoms with Gasteiger partial charge < -0.3 is 14.9 Å². The van der Waals surface area contributed by atoms with Gasteiger partial charge in [0.05, 0.1) is 0 Å². The minimum atomic E-state index is -1.54. The maximum Gasteiger partial charge on any atom is 0.439 e. The number of carbonyl (C=O) groups is 3. The van der Waals surface area contributed by atoms with Crippen LogP contribution in [0.1, 0.15) is 5.56 Å². The molecular formula is C13H11NO7. The number of hydrogen-bond donors (Lipinski definition) is 2. The number of hydroxylamine groups is 2. The van der Waals surface area contributed by atoms with Gasteiger partial charge in [0.15, 0.2) is 5.70 Å². The fourth-order valence-electron chi connectivity index (χ4n) is 1.61. The van der Waals surface area contributed by atoms with Crippen LogP contribution in [0.3, 0.4) is 0 Å². The summed E-state index contributed by atoms with van der Waals surface area (Å²) < 4.78 is 4.89. The quantitative estimate of drug-likeness (QED) is 0.850. The fourth-order valence-corrected chi connectivity index (χ4v) is 1.61. The largest absolute Gasteiger partial charge is 0.479 e. The second-order valence-corrected chi connectivity index (χ2v) is 4.06. The number of carboxylic acid groups (broad SMARTS) is 2. The number of ether oxygens (including phenoxy) is 1. The molecule has 0 aliphatic carbocycles. The summed E-state index contributed by atoms with van der Waals surface area (Å²) in [5, 5.41) is 18.0. The summed E-state index contributed by atoms with van der Waals surface area (Å²) in [5.74, 6) is -2.90. The first-order chi connectivity index (χ1) is 9.99. The lowest BCUT2D eigenvalue weighted by Crippen LogP contribution is -2.33.